The van der Waals surface area contributed by atoms with E-state index in [0.717, 1.165) is 0 Å². The van der Waals surface area contributed by atoms with Gasteiger partial charge in [-0.3, -0.25) is 4.79 Å². The lowest BCUT2D eigenvalue weighted by molar-refractivity contribution is -0.141. The number of hydrogen-bond donors (Lipinski definition) is 2. The summed E-state index contributed by atoms with van der Waals surface area (Å²) in [6.45, 7) is 8.55. The van der Waals surface area contributed by atoms with Crippen LogP contribution in [0.3, 0.4) is 0 Å². The molecule has 0 aliphatic rings. The van der Waals surface area contributed by atoms with Gasteiger partial charge in [0.1, 0.15) is 0 Å². The average Bonchev–Trinajstić information content (AvgIpc) is 2.31. The summed E-state index contributed by atoms with van der Waals surface area (Å²) < 4.78 is 0. The van der Waals surface area contributed by atoms with Gasteiger partial charge in [-0.25, -0.2) is 0 Å². The molecule has 0 heterocycles. The van der Waals surface area contributed by atoms with E-state index < -0.39 is 11.9 Å². The van der Waals surface area contributed by atoms with Gasteiger partial charge in [0.15, 0.2) is 0 Å². The predicted octanol–water partition coefficient (Wildman–Crippen LogP) is 2.76. The van der Waals surface area contributed by atoms with Crippen molar-refractivity contribution >= 4 is 5.97 Å². The number of nitrogens with two attached hydrogens (primary N) is 1. The van der Waals surface area contributed by atoms with Crippen molar-refractivity contribution in [2.24, 2.45) is 11.7 Å². The van der Waals surface area contributed by atoms with Crippen molar-refractivity contribution in [1.29, 1.82) is 0 Å². The van der Waals surface area contributed by atoms with Crippen molar-refractivity contribution in [3.05, 3.63) is 34.4 Å². The van der Waals surface area contributed by atoms with Gasteiger partial charge in [0.05, 0.1) is 5.92 Å². The average molecular weight is 249 g/mol. The van der Waals surface area contributed by atoms with Crippen molar-refractivity contribution in [2.75, 3.05) is 6.54 Å². The third-order valence-electron chi connectivity index (χ3n) is 3.77. The highest BCUT2D eigenvalue weighted by Crippen LogP contribution is 2.30. The third-order valence-corrected chi connectivity index (χ3v) is 3.77. The molecule has 2 atom stereocenters. The summed E-state index contributed by atoms with van der Waals surface area (Å²) in [5, 5.41) is 9.08. The molecular formula is C15H23NO2. The highest BCUT2D eigenvalue weighted by molar-refractivity contribution is 5.70. The van der Waals surface area contributed by atoms with Crippen LogP contribution in [0.2, 0.25) is 0 Å². The maximum atomic E-state index is 11.1. The van der Waals surface area contributed by atoms with Crippen molar-refractivity contribution in [3.63, 3.8) is 0 Å². The first-order valence-corrected chi connectivity index (χ1v) is 6.38. The number of aliphatic carboxylic acids is 1. The van der Waals surface area contributed by atoms with Gasteiger partial charge in [-0.2, -0.15) is 0 Å². The van der Waals surface area contributed by atoms with Crippen LogP contribution in [0.1, 0.15) is 41.5 Å². The standard InChI is InChI=1S/C15H23NO2/c1-9-5-6-10(2)14(12(9)4)11(3)7-13(8-16)15(17)18/h5-6,11,13H,7-8,16H2,1-4H3,(H,17,18). The molecule has 0 fully saturated rings. The summed E-state index contributed by atoms with van der Waals surface area (Å²) in [4.78, 5) is 11.1. The molecule has 3 heteroatoms. The van der Waals surface area contributed by atoms with Gasteiger partial charge in [0.25, 0.3) is 0 Å². The molecule has 3 N–H and O–H groups in total. The van der Waals surface area contributed by atoms with Gasteiger partial charge >= 0.3 is 5.97 Å². The van der Waals surface area contributed by atoms with E-state index in [2.05, 4.69) is 39.8 Å². The third kappa shape index (κ3) is 3.10. The van der Waals surface area contributed by atoms with Crippen LogP contribution in [0.25, 0.3) is 0 Å². The van der Waals surface area contributed by atoms with Crippen LogP contribution in [0.4, 0.5) is 0 Å². The maximum Gasteiger partial charge on any atom is 0.307 e. The Morgan fingerprint density at radius 3 is 2.33 bits per heavy atom. The molecule has 0 bridgehead atoms. The van der Waals surface area contributed by atoms with Gasteiger partial charge in [-0.15, -0.1) is 0 Å². The van der Waals surface area contributed by atoms with Crippen LogP contribution < -0.4 is 5.73 Å². The van der Waals surface area contributed by atoms with Crippen LogP contribution in [-0.2, 0) is 4.79 Å². The van der Waals surface area contributed by atoms with E-state index in [0.29, 0.717) is 6.42 Å². The normalized spacial score (nSPS) is 14.3. The molecule has 0 saturated carbocycles. The number of hydrogen-bond acceptors (Lipinski definition) is 2. The molecule has 1 rings (SSSR count). The topological polar surface area (TPSA) is 63.3 Å². The number of benzene rings is 1. The smallest absolute Gasteiger partial charge is 0.307 e. The molecule has 0 saturated heterocycles. The molecule has 100 valence electrons. The quantitative estimate of drug-likeness (QED) is 0.843. The van der Waals surface area contributed by atoms with E-state index in [1.165, 1.54) is 22.3 Å². The zero-order valence-corrected chi connectivity index (χ0v) is 11.7. The molecule has 0 aromatic heterocycles. The fourth-order valence-electron chi connectivity index (χ4n) is 2.57. The Balaban J connectivity index is 3.00. The number of aryl methyl sites for hydroxylation is 2. The summed E-state index contributed by atoms with van der Waals surface area (Å²) in [7, 11) is 0. The van der Waals surface area contributed by atoms with Gasteiger partial charge < -0.3 is 10.8 Å². The van der Waals surface area contributed by atoms with Crippen LogP contribution in [0, 0.1) is 26.7 Å². The Labute approximate surface area is 109 Å². The molecule has 18 heavy (non-hydrogen) atoms. The summed E-state index contributed by atoms with van der Waals surface area (Å²) in [6, 6.07) is 4.21. The minimum atomic E-state index is -0.799. The SMILES string of the molecule is Cc1ccc(C)c(C(C)CC(CN)C(=O)O)c1C. The van der Waals surface area contributed by atoms with Gasteiger partial charge in [0, 0.05) is 6.54 Å². The first kappa shape index (κ1) is 14.7. The number of carboxylic acid groups (broad SMARTS) is 1. The number of rotatable bonds is 5. The van der Waals surface area contributed by atoms with Crippen molar-refractivity contribution in [1.82, 2.24) is 0 Å². The van der Waals surface area contributed by atoms with Crippen LogP contribution in [-0.4, -0.2) is 17.6 Å². The lowest BCUT2D eigenvalue weighted by Crippen LogP contribution is -2.25. The Morgan fingerprint density at radius 2 is 1.83 bits per heavy atom. The predicted molar refractivity (Wildman–Crippen MR) is 73.9 cm³/mol. The van der Waals surface area contributed by atoms with Crippen LogP contribution >= 0.6 is 0 Å². The first-order valence-electron chi connectivity index (χ1n) is 6.38. The zero-order valence-electron chi connectivity index (χ0n) is 11.7. The van der Waals surface area contributed by atoms with Crippen LogP contribution in [0.15, 0.2) is 12.1 Å². The molecule has 0 spiro atoms. The van der Waals surface area contributed by atoms with E-state index in [1.807, 2.05) is 0 Å². The first-order chi connectivity index (χ1) is 8.38. The van der Waals surface area contributed by atoms with Gasteiger partial charge in [-0.05, 0) is 55.4 Å². The lowest BCUT2D eigenvalue weighted by atomic mass is 9.84. The van der Waals surface area contributed by atoms with E-state index in [4.69, 9.17) is 10.8 Å². The second kappa shape index (κ2) is 6.01. The molecule has 0 aliphatic heterocycles. The summed E-state index contributed by atoms with van der Waals surface area (Å²) in [5.74, 6) is -1.04. The fraction of sp³-hybridized carbons (Fsp3) is 0.533. The minimum Gasteiger partial charge on any atom is -0.481 e. The van der Waals surface area contributed by atoms with Crippen molar-refractivity contribution in [3.8, 4) is 0 Å². The Kier molecular flexibility index (Phi) is 4.91. The van der Waals surface area contributed by atoms with Gasteiger partial charge in [-0.1, -0.05) is 19.1 Å². The molecule has 1 aromatic carbocycles. The van der Waals surface area contributed by atoms with Crippen LogP contribution in [0.5, 0.6) is 0 Å². The van der Waals surface area contributed by atoms with Gasteiger partial charge in [0.2, 0.25) is 0 Å². The van der Waals surface area contributed by atoms with Crippen molar-refractivity contribution in [2.45, 2.75) is 40.0 Å². The highest BCUT2D eigenvalue weighted by atomic mass is 16.4. The Hall–Kier alpha value is -1.35. The zero-order chi connectivity index (χ0) is 13.9. The Morgan fingerprint density at radius 1 is 1.28 bits per heavy atom. The lowest BCUT2D eigenvalue weighted by Gasteiger charge is -2.21. The largest absolute Gasteiger partial charge is 0.481 e. The molecular weight excluding hydrogens is 226 g/mol. The minimum absolute atomic E-state index is 0.198. The monoisotopic (exact) mass is 249 g/mol. The molecule has 0 amide bonds. The molecule has 3 nitrogen and oxygen atoms in total. The fourth-order valence-corrected chi connectivity index (χ4v) is 2.57. The van der Waals surface area contributed by atoms with E-state index in [9.17, 15) is 4.79 Å². The maximum absolute atomic E-state index is 11.1. The number of carbonyl (C=O) groups is 1. The second-order valence-corrected chi connectivity index (χ2v) is 5.15. The van der Waals surface area contributed by atoms with E-state index in [-0.39, 0.29) is 12.5 Å². The van der Waals surface area contributed by atoms with E-state index >= 15 is 0 Å². The Bertz CT molecular complexity index is 440. The number of carboxylic acids is 1. The van der Waals surface area contributed by atoms with E-state index in [1.54, 1.807) is 0 Å². The molecule has 2 unspecified atom stereocenters. The summed E-state index contributed by atoms with van der Waals surface area (Å²) >= 11 is 0. The molecule has 0 aliphatic carbocycles. The van der Waals surface area contributed by atoms with Crippen molar-refractivity contribution < 1.29 is 9.90 Å². The highest BCUT2D eigenvalue weighted by Gasteiger charge is 2.21. The summed E-state index contributed by atoms with van der Waals surface area (Å²) in [6.07, 6.45) is 0.594. The summed E-state index contributed by atoms with van der Waals surface area (Å²) in [5.41, 5.74) is 10.5. The second-order valence-electron chi connectivity index (χ2n) is 5.15. The molecule has 1 aromatic rings. The molecule has 0 radical (unpaired) electrons.